The molecule has 16 heavy (non-hydrogen) atoms. The summed E-state index contributed by atoms with van der Waals surface area (Å²) in [6.45, 7) is 0.0425. The first kappa shape index (κ1) is 11.2. The molecule has 0 radical (unpaired) electrons. The first-order valence-corrected chi connectivity index (χ1v) is 5.91. The number of thiophene rings is 1. The predicted molar refractivity (Wildman–Crippen MR) is 65.6 cm³/mol. The lowest BCUT2D eigenvalue weighted by molar-refractivity contribution is 0.0925. The number of para-hydroxylation sites is 1. The van der Waals surface area contributed by atoms with Crippen molar-refractivity contribution in [1.29, 1.82) is 0 Å². The molecule has 0 saturated carbocycles. The quantitative estimate of drug-likeness (QED) is 0.777. The molecule has 0 atom stereocenters. The van der Waals surface area contributed by atoms with E-state index < -0.39 is 0 Å². The molecule has 0 N–H and O–H groups in total. The zero-order valence-electron chi connectivity index (χ0n) is 8.35. The number of Topliss-reactive ketones (excluding diaryl/α,β-unsaturated/α-hetero) is 1. The first-order valence-electron chi connectivity index (χ1n) is 4.72. The lowest BCUT2D eigenvalue weighted by Crippen LogP contribution is -2.09. The number of benzene rings is 1. The topological polar surface area (TPSA) is 26.3 Å². The van der Waals surface area contributed by atoms with Crippen LogP contribution in [0.1, 0.15) is 9.67 Å². The number of ketones is 1. The van der Waals surface area contributed by atoms with Gasteiger partial charge < -0.3 is 4.74 Å². The first-order chi connectivity index (χ1) is 7.75. The summed E-state index contributed by atoms with van der Waals surface area (Å²) in [6.07, 6.45) is 0. The Morgan fingerprint density at radius 2 is 1.94 bits per heavy atom. The lowest BCUT2D eigenvalue weighted by Gasteiger charge is -2.03. The minimum absolute atomic E-state index is 0.0425. The molecule has 2 rings (SSSR count). The zero-order chi connectivity index (χ0) is 11.4. The van der Waals surface area contributed by atoms with Crippen molar-refractivity contribution in [2.24, 2.45) is 0 Å². The second-order valence-electron chi connectivity index (χ2n) is 3.13. The van der Waals surface area contributed by atoms with Crippen molar-refractivity contribution in [3.8, 4) is 5.75 Å². The van der Waals surface area contributed by atoms with Gasteiger partial charge in [-0.1, -0.05) is 29.8 Å². The lowest BCUT2D eigenvalue weighted by atomic mass is 10.3. The van der Waals surface area contributed by atoms with Crippen molar-refractivity contribution in [3.05, 3.63) is 51.7 Å². The predicted octanol–water partition coefficient (Wildman–Crippen LogP) is 3.66. The maximum atomic E-state index is 11.7. The average Bonchev–Trinajstić information content (AvgIpc) is 2.74. The van der Waals surface area contributed by atoms with E-state index >= 15 is 0 Å². The van der Waals surface area contributed by atoms with Crippen LogP contribution in [-0.4, -0.2) is 12.4 Å². The van der Waals surface area contributed by atoms with Gasteiger partial charge in [0, 0.05) is 0 Å². The maximum absolute atomic E-state index is 11.7. The Labute approximate surface area is 102 Å². The fraction of sp³-hybridized carbons (Fsp3) is 0.0833. The Morgan fingerprint density at radius 1 is 1.19 bits per heavy atom. The summed E-state index contributed by atoms with van der Waals surface area (Å²) in [5.74, 6) is 0.638. The van der Waals surface area contributed by atoms with E-state index in [4.69, 9.17) is 16.3 Å². The minimum Gasteiger partial charge on any atom is -0.485 e. The van der Waals surface area contributed by atoms with E-state index in [-0.39, 0.29) is 12.4 Å². The molecule has 0 amide bonds. The van der Waals surface area contributed by atoms with Gasteiger partial charge in [0.25, 0.3) is 0 Å². The van der Waals surface area contributed by atoms with E-state index in [0.717, 1.165) is 0 Å². The Morgan fingerprint density at radius 3 is 2.56 bits per heavy atom. The van der Waals surface area contributed by atoms with Crippen LogP contribution in [0.3, 0.4) is 0 Å². The number of carbonyl (C=O) groups is 1. The van der Waals surface area contributed by atoms with Gasteiger partial charge >= 0.3 is 0 Å². The monoisotopic (exact) mass is 252 g/mol. The second-order valence-corrected chi connectivity index (χ2v) is 4.84. The van der Waals surface area contributed by atoms with Crippen LogP contribution >= 0.6 is 22.9 Å². The van der Waals surface area contributed by atoms with Crippen LogP contribution in [0.5, 0.6) is 5.75 Å². The Balaban J connectivity index is 1.94. The summed E-state index contributed by atoms with van der Waals surface area (Å²) >= 11 is 7.01. The average molecular weight is 253 g/mol. The highest BCUT2D eigenvalue weighted by molar-refractivity contribution is 7.18. The third-order valence-corrected chi connectivity index (χ3v) is 3.23. The molecule has 1 heterocycles. The molecule has 1 aromatic carbocycles. The van der Waals surface area contributed by atoms with Crippen LogP contribution in [0.4, 0.5) is 0 Å². The van der Waals surface area contributed by atoms with Crippen molar-refractivity contribution in [2.45, 2.75) is 0 Å². The number of ether oxygens (including phenoxy) is 1. The molecule has 0 unspecified atom stereocenters. The summed E-state index contributed by atoms with van der Waals surface area (Å²) < 4.78 is 5.96. The molecule has 1 aromatic heterocycles. The van der Waals surface area contributed by atoms with E-state index in [9.17, 15) is 4.79 Å². The zero-order valence-corrected chi connectivity index (χ0v) is 9.92. The largest absolute Gasteiger partial charge is 0.485 e. The number of halogens is 1. The van der Waals surface area contributed by atoms with Crippen LogP contribution in [0.15, 0.2) is 42.5 Å². The Bertz CT molecular complexity index is 479. The van der Waals surface area contributed by atoms with Crippen LogP contribution in [0.2, 0.25) is 4.34 Å². The summed E-state index contributed by atoms with van der Waals surface area (Å²) in [6, 6.07) is 12.7. The third-order valence-electron chi connectivity index (χ3n) is 1.96. The van der Waals surface area contributed by atoms with Gasteiger partial charge in [-0.3, -0.25) is 4.79 Å². The summed E-state index contributed by atoms with van der Waals surface area (Å²) in [5.41, 5.74) is 0. The molecular formula is C12H9ClO2S. The van der Waals surface area contributed by atoms with Gasteiger partial charge in [-0.25, -0.2) is 0 Å². The van der Waals surface area contributed by atoms with Crippen molar-refractivity contribution in [1.82, 2.24) is 0 Å². The van der Waals surface area contributed by atoms with Gasteiger partial charge in [0.1, 0.15) is 5.75 Å². The van der Waals surface area contributed by atoms with Gasteiger partial charge in [-0.2, -0.15) is 0 Å². The van der Waals surface area contributed by atoms with Crippen LogP contribution in [0.25, 0.3) is 0 Å². The molecule has 0 spiro atoms. The SMILES string of the molecule is O=C(COc1ccccc1)c1ccc(Cl)s1. The maximum Gasteiger partial charge on any atom is 0.210 e. The second kappa shape index (κ2) is 5.14. The highest BCUT2D eigenvalue weighted by atomic mass is 35.5. The van der Waals surface area contributed by atoms with Gasteiger partial charge in [0.15, 0.2) is 6.61 Å². The fourth-order valence-electron chi connectivity index (χ4n) is 1.20. The molecule has 0 saturated heterocycles. The van der Waals surface area contributed by atoms with Gasteiger partial charge in [0.2, 0.25) is 5.78 Å². The van der Waals surface area contributed by atoms with E-state index in [1.165, 1.54) is 11.3 Å². The molecule has 0 bridgehead atoms. The van der Waals surface area contributed by atoms with Crippen LogP contribution in [0, 0.1) is 0 Å². The van der Waals surface area contributed by atoms with Crippen molar-refractivity contribution in [3.63, 3.8) is 0 Å². The molecule has 0 aliphatic rings. The number of carbonyl (C=O) groups excluding carboxylic acids is 1. The third kappa shape index (κ3) is 2.84. The molecule has 2 nitrogen and oxygen atoms in total. The highest BCUT2D eigenvalue weighted by Crippen LogP contribution is 2.22. The summed E-state index contributed by atoms with van der Waals surface area (Å²) in [5, 5.41) is 0. The molecule has 0 aliphatic heterocycles. The van der Waals surface area contributed by atoms with Gasteiger partial charge in [-0.15, -0.1) is 11.3 Å². The standard InChI is InChI=1S/C12H9ClO2S/c13-12-7-6-11(16-12)10(14)8-15-9-4-2-1-3-5-9/h1-7H,8H2. The van der Waals surface area contributed by atoms with Crippen LogP contribution < -0.4 is 4.74 Å². The smallest absolute Gasteiger partial charge is 0.210 e. The van der Waals surface area contributed by atoms with E-state index in [0.29, 0.717) is 15.0 Å². The van der Waals surface area contributed by atoms with Crippen molar-refractivity contribution >= 4 is 28.7 Å². The Hall–Kier alpha value is -1.32. The van der Waals surface area contributed by atoms with E-state index in [1.54, 1.807) is 12.1 Å². The molecule has 2 aromatic rings. The number of hydrogen-bond acceptors (Lipinski definition) is 3. The highest BCUT2D eigenvalue weighted by Gasteiger charge is 2.09. The molecule has 4 heteroatoms. The fourth-order valence-corrected chi connectivity index (χ4v) is 2.17. The van der Waals surface area contributed by atoms with E-state index in [1.807, 2.05) is 30.3 Å². The van der Waals surface area contributed by atoms with Crippen LogP contribution in [-0.2, 0) is 0 Å². The Kier molecular flexibility index (Phi) is 3.59. The number of rotatable bonds is 4. The van der Waals surface area contributed by atoms with Gasteiger partial charge in [-0.05, 0) is 24.3 Å². The molecule has 0 fully saturated rings. The molecular weight excluding hydrogens is 244 g/mol. The van der Waals surface area contributed by atoms with E-state index in [2.05, 4.69) is 0 Å². The number of hydrogen-bond donors (Lipinski definition) is 0. The van der Waals surface area contributed by atoms with Crippen molar-refractivity contribution in [2.75, 3.05) is 6.61 Å². The van der Waals surface area contributed by atoms with Crippen molar-refractivity contribution < 1.29 is 9.53 Å². The van der Waals surface area contributed by atoms with Gasteiger partial charge in [0.05, 0.1) is 9.21 Å². The summed E-state index contributed by atoms with van der Waals surface area (Å²) in [7, 11) is 0. The minimum atomic E-state index is -0.0549. The molecule has 82 valence electrons. The normalized spacial score (nSPS) is 10.1. The molecule has 0 aliphatic carbocycles. The summed E-state index contributed by atoms with van der Waals surface area (Å²) in [4.78, 5) is 12.3.